The number of ketones is 1. The summed E-state index contributed by atoms with van der Waals surface area (Å²) < 4.78 is 5.40. The van der Waals surface area contributed by atoms with Crippen LogP contribution >= 0.6 is 0 Å². The lowest BCUT2D eigenvalue weighted by molar-refractivity contribution is -0.155. The van der Waals surface area contributed by atoms with Gasteiger partial charge in [0.15, 0.2) is 0 Å². The third-order valence-corrected chi connectivity index (χ3v) is 3.69. The first kappa shape index (κ1) is 13.8. The van der Waals surface area contributed by atoms with Gasteiger partial charge in [-0.15, -0.1) is 0 Å². The van der Waals surface area contributed by atoms with Crippen LogP contribution in [0.25, 0.3) is 0 Å². The molecule has 0 radical (unpaired) electrons. The first-order valence-electron chi connectivity index (χ1n) is 6.70. The van der Waals surface area contributed by atoms with Gasteiger partial charge < -0.3 is 4.74 Å². The van der Waals surface area contributed by atoms with Crippen LogP contribution in [0.1, 0.15) is 39.2 Å². The Balaban J connectivity index is 2.37. The molecule has 0 spiro atoms. The first-order chi connectivity index (χ1) is 8.89. The zero-order chi connectivity index (χ0) is 14.1. The topological polar surface area (TPSA) is 43.4 Å². The quantitative estimate of drug-likeness (QED) is 0.617. The lowest BCUT2D eigenvalue weighted by atomic mass is 9.72. The van der Waals surface area contributed by atoms with Crippen molar-refractivity contribution >= 4 is 11.8 Å². The standard InChI is InChI=1S/C16H20O3/c1-4-13(17)16(10-12-8-6-5-7-9-12)11-15(2,3)19-14(16)18/h5-9H,4,10-11H2,1-3H3/t16-/m1/s1. The number of cyclic esters (lactones) is 1. The fourth-order valence-electron chi connectivity index (χ4n) is 2.91. The summed E-state index contributed by atoms with van der Waals surface area (Å²) in [5.74, 6) is -0.389. The third kappa shape index (κ3) is 2.55. The zero-order valence-electron chi connectivity index (χ0n) is 11.7. The summed E-state index contributed by atoms with van der Waals surface area (Å²) in [6.45, 7) is 5.52. The molecule has 0 bridgehead atoms. The van der Waals surface area contributed by atoms with Crippen LogP contribution in [-0.4, -0.2) is 17.4 Å². The molecule has 0 unspecified atom stereocenters. The molecule has 2 rings (SSSR count). The number of esters is 1. The molecule has 1 aliphatic rings. The number of hydrogen-bond donors (Lipinski definition) is 0. The fraction of sp³-hybridized carbons (Fsp3) is 0.500. The Morgan fingerprint density at radius 2 is 1.89 bits per heavy atom. The minimum Gasteiger partial charge on any atom is -0.459 e. The maximum absolute atomic E-state index is 12.3. The maximum atomic E-state index is 12.3. The molecule has 1 saturated heterocycles. The molecular formula is C16H20O3. The summed E-state index contributed by atoms with van der Waals surface area (Å²) in [4.78, 5) is 24.6. The summed E-state index contributed by atoms with van der Waals surface area (Å²) in [6, 6.07) is 9.66. The number of ether oxygens (including phenoxy) is 1. The SMILES string of the molecule is CCC(=O)[C@@]1(Cc2ccccc2)CC(C)(C)OC1=O. The van der Waals surface area contributed by atoms with Gasteiger partial charge in [-0.1, -0.05) is 37.3 Å². The predicted octanol–water partition coefficient (Wildman–Crippen LogP) is 2.92. The highest BCUT2D eigenvalue weighted by molar-refractivity contribution is 6.05. The Hall–Kier alpha value is -1.64. The van der Waals surface area contributed by atoms with Crippen LogP contribution in [0.3, 0.4) is 0 Å². The van der Waals surface area contributed by atoms with Crippen LogP contribution in [0.15, 0.2) is 30.3 Å². The molecule has 0 aliphatic carbocycles. The molecule has 1 aliphatic heterocycles. The van der Waals surface area contributed by atoms with Gasteiger partial charge in [0.05, 0.1) is 0 Å². The molecule has 3 nitrogen and oxygen atoms in total. The molecule has 1 aromatic carbocycles. The van der Waals surface area contributed by atoms with Crippen molar-refractivity contribution < 1.29 is 14.3 Å². The van der Waals surface area contributed by atoms with E-state index in [0.717, 1.165) is 5.56 Å². The van der Waals surface area contributed by atoms with Gasteiger partial charge in [-0.05, 0) is 25.8 Å². The number of benzene rings is 1. The molecule has 1 fully saturated rings. The van der Waals surface area contributed by atoms with Gasteiger partial charge in [-0.25, -0.2) is 0 Å². The average molecular weight is 260 g/mol. The zero-order valence-corrected chi connectivity index (χ0v) is 11.7. The van der Waals surface area contributed by atoms with E-state index in [4.69, 9.17) is 4.74 Å². The summed E-state index contributed by atoms with van der Waals surface area (Å²) in [6.07, 6.45) is 1.25. The number of rotatable bonds is 4. The highest BCUT2D eigenvalue weighted by atomic mass is 16.6. The van der Waals surface area contributed by atoms with Crippen LogP contribution in [0.2, 0.25) is 0 Å². The molecule has 3 heteroatoms. The van der Waals surface area contributed by atoms with Gasteiger partial charge in [-0.2, -0.15) is 0 Å². The molecule has 1 atom stereocenters. The van der Waals surface area contributed by atoms with E-state index in [-0.39, 0.29) is 11.8 Å². The van der Waals surface area contributed by atoms with Crippen molar-refractivity contribution in [2.75, 3.05) is 0 Å². The Morgan fingerprint density at radius 1 is 1.26 bits per heavy atom. The highest BCUT2D eigenvalue weighted by Crippen LogP contribution is 2.44. The van der Waals surface area contributed by atoms with Crippen LogP contribution in [-0.2, 0) is 20.7 Å². The van der Waals surface area contributed by atoms with E-state index in [2.05, 4.69) is 0 Å². The summed E-state index contributed by atoms with van der Waals surface area (Å²) in [7, 11) is 0. The monoisotopic (exact) mass is 260 g/mol. The van der Waals surface area contributed by atoms with E-state index in [1.807, 2.05) is 44.2 Å². The van der Waals surface area contributed by atoms with Crippen molar-refractivity contribution in [3.05, 3.63) is 35.9 Å². The normalized spacial score (nSPS) is 25.1. The third-order valence-electron chi connectivity index (χ3n) is 3.69. The van der Waals surface area contributed by atoms with Crippen LogP contribution < -0.4 is 0 Å². The van der Waals surface area contributed by atoms with Gasteiger partial charge >= 0.3 is 5.97 Å². The molecule has 0 amide bonds. The lowest BCUT2D eigenvalue weighted by Crippen LogP contribution is -2.38. The van der Waals surface area contributed by atoms with Gasteiger partial charge in [0.2, 0.25) is 0 Å². The van der Waals surface area contributed by atoms with Crippen molar-refractivity contribution in [3.63, 3.8) is 0 Å². The van der Waals surface area contributed by atoms with Gasteiger partial charge in [0, 0.05) is 12.8 Å². The Kier molecular flexibility index (Phi) is 3.48. The highest BCUT2D eigenvalue weighted by Gasteiger charge is 2.56. The summed E-state index contributed by atoms with van der Waals surface area (Å²) >= 11 is 0. The Morgan fingerprint density at radius 3 is 2.37 bits per heavy atom. The minimum absolute atomic E-state index is 0.0214. The molecule has 0 aromatic heterocycles. The number of Topliss-reactive ketones (excluding diaryl/α,β-unsaturated/α-hetero) is 1. The molecule has 19 heavy (non-hydrogen) atoms. The predicted molar refractivity (Wildman–Crippen MR) is 72.7 cm³/mol. The maximum Gasteiger partial charge on any atom is 0.320 e. The Bertz CT molecular complexity index is 490. The van der Waals surface area contributed by atoms with E-state index < -0.39 is 11.0 Å². The van der Waals surface area contributed by atoms with Crippen LogP contribution in [0, 0.1) is 5.41 Å². The second kappa shape index (κ2) is 4.80. The molecule has 102 valence electrons. The van der Waals surface area contributed by atoms with Crippen molar-refractivity contribution in [1.29, 1.82) is 0 Å². The number of carbonyl (C=O) groups is 2. The number of carbonyl (C=O) groups excluding carboxylic acids is 2. The molecular weight excluding hydrogens is 240 g/mol. The second-order valence-corrected chi connectivity index (χ2v) is 5.85. The number of hydrogen-bond acceptors (Lipinski definition) is 3. The van der Waals surface area contributed by atoms with E-state index in [1.54, 1.807) is 6.92 Å². The lowest BCUT2D eigenvalue weighted by Gasteiger charge is -2.23. The fourth-order valence-corrected chi connectivity index (χ4v) is 2.91. The molecule has 0 N–H and O–H groups in total. The minimum atomic E-state index is -1.00. The smallest absolute Gasteiger partial charge is 0.320 e. The summed E-state index contributed by atoms with van der Waals surface area (Å²) in [5, 5.41) is 0. The van der Waals surface area contributed by atoms with Gasteiger partial charge in [0.25, 0.3) is 0 Å². The van der Waals surface area contributed by atoms with Gasteiger partial charge in [-0.3, -0.25) is 9.59 Å². The van der Waals surface area contributed by atoms with Crippen molar-refractivity contribution in [2.45, 2.75) is 45.6 Å². The van der Waals surface area contributed by atoms with E-state index in [9.17, 15) is 9.59 Å². The van der Waals surface area contributed by atoms with Crippen molar-refractivity contribution in [2.24, 2.45) is 5.41 Å². The summed E-state index contributed by atoms with van der Waals surface area (Å²) in [5.41, 5.74) is -0.560. The first-order valence-corrected chi connectivity index (χ1v) is 6.70. The van der Waals surface area contributed by atoms with E-state index >= 15 is 0 Å². The van der Waals surface area contributed by atoms with Crippen LogP contribution in [0.5, 0.6) is 0 Å². The van der Waals surface area contributed by atoms with Gasteiger partial charge in [0.1, 0.15) is 16.8 Å². The Labute approximate surface area is 114 Å². The molecule has 0 saturated carbocycles. The van der Waals surface area contributed by atoms with Crippen molar-refractivity contribution in [3.8, 4) is 0 Å². The largest absolute Gasteiger partial charge is 0.459 e. The second-order valence-electron chi connectivity index (χ2n) is 5.85. The van der Waals surface area contributed by atoms with E-state index in [0.29, 0.717) is 19.3 Å². The van der Waals surface area contributed by atoms with Crippen molar-refractivity contribution in [1.82, 2.24) is 0 Å². The molecule has 1 aromatic rings. The van der Waals surface area contributed by atoms with Crippen LogP contribution in [0.4, 0.5) is 0 Å². The van der Waals surface area contributed by atoms with E-state index in [1.165, 1.54) is 0 Å². The molecule has 1 heterocycles. The average Bonchev–Trinajstić information content (AvgIpc) is 2.60.